The predicted molar refractivity (Wildman–Crippen MR) is 71.5 cm³/mol. The summed E-state index contributed by atoms with van der Waals surface area (Å²) in [5.41, 5.74) is 1.74. The molecule has 0 fully saturated rings. The lowest BCUT2D eigenvalue weighted by atomic mass is 10.2. The monoisotopic (exact) mass is 310 g/mol. The van der Waals surface area contributed by atoms with E-state index in [1.165, 1.54) is 6.07 Å². The Balaban J connectivity index is 2.04. The standard InChI is InChI=1S/C14H12BrFO2/c15-8-11-3-6-14(13(16)7-11)18-9-10-1-4-12(17)5-2-10/h1-7,17H,8-9H2. The molecule has 4 heteroatoms. The van der Waals surface area contributed by atoms with E-state index in [1.54, 1.807) is 30.3 Å². The van der Waals surface area contributed by atoms with Crippen LogP contribution in [0.3, 0.4) is 0 Å². The van der Waals surface area contributed by atoms with Gasteiger partial charge in [-0.1, -0.05) is 34.1 Å². The average Bonchev–Trinajstić information content (AvgIpc) is 2.39. The minimum absolute atomic E-state index is 0.201. The average molecular weight is 311 g/mol. The highest BCUT2D eigenvalue weighted by molar-refractivity contribution is 9.08. The largest absolute Gasteiger partial charge is 0.508 e. The topological polar surface area (TPSA) is 29.5 Å². The van der Waals surface area contributed by atoms with Gasteiger partial charge in [0.05, 0.1) is 0 Å². The van der Waals surface area contributed by atoms with Gasteiger partial charge in [-0.15, -0.1) is 0 Å². The molecule has 0 aromatic heterocycles. The minimum atomic E-state index is -0.370. The molecule has 0 saturated carbocycles. The molecule has 1 N–H and O–H groups in total. The molecule has 0 unspecified atom stereocenters. The Hall–Kier alpha value is -1.55. The van der Waals surface area contributed by atoms with Crippen LogP contribution < -0.4 is 4.74 Å². The van der Waals surface area contributed by atoms with Crippen LogP contribution in [0.1, 0.15) is 11.1 Å². The van der Waals surface area contributed by atoms with Crippen molar-refractivity contribution in [3.63, 3.8) is 0 Å². The van der Waals surface area contributed by atoms with Gasteiger partial charge in [0, 0.05) is 5.33 Å². The Morgan fingerprint density at radius 1 is 1.06 bits per heavy atom. The van der Waals surface area contributed by atoms with Gasteiger partial charge in [-0.3, -0.25) is 0 Å². The molecule has 0 heterocycles. The number of ether oxygens (including phenoxy) is 1. The fourth-order valence-corrected chi connectivity index (χ4v) is 1.85. The summed E-state index contributed by atoms with van der Waals surface area (Å²) in [7, 11) is 0. The second-order valence-electron chi connectivity index (χ2n) is 3.85. The maximum absolute atomic E-state index is 13.6. The third-order valence-corrected chi connectivity index (χ3v) is 3.13. The molecule has 0 saturated heterocycles. The molecule has 0 aliphatic heterocycles. The van der Waals surface area contributed by atoms with E-state index in [0.717, 1.165) is 11.1 Å². The van der Waals surface area contributed by atoms with E-state index in [1.807, 2.05) is 6.07 Å². The van der Waals surface area contributed by atoms with Crippen LogP contribution in [0.5, 0.6) is 11.5 Å². The summed E-state index contributed by atoms with van der Waals surface area (Å²) in [6, 6.07) is 11.5. The number of rotatable bonds is 4. The van der Waals surface area contributed by atoms with Crippen LogP contribution in [0.25, 0.3) is 0 Å². The van der Waals surface area contributed by atoms with Crippen molar-refractivity contribution in [3.8, 4) is 11.5 Å². The van der Waals surface area contributed by atoms with Crippen molar-refractivity contribution in [2.75, 3.05) is 0 Å². The van der Waals surface area contributed by atoms with Gasteiger partial charge in [0.15, 0.2) is 11.6 Å². The summed E-state index contributed by atoms with van der Waals surface area (Å²) < 4.78 is 19.0. The van der Waals surface area contributed by atoms with Crippen LogP contribution in [0, 0.1) is 5.82 Å². The maximum atomic E-state index is 13.6. The van der Waals surface area contributed by atoms with Gasteiger partial charge in [0.1, 0.15) is 12.4 Å². The van der Waals surface area contributed by atoms with Crippen LogP contribution in [-0.2, 0) is 11.9 Å². The highest BCUT2D eigenvalue weighted by atomic mass is 79.9. The van der Waals surface area contributed by atoms with E-state index in [9.17, 15) is 4.39 Å². The van der Waals surface area contributed by atoms with Crippen molar-refractivity contribution in [1.29, 1.82) is 0 Å². The van der Waals surface area contributed by atoms with Gasteiger partial charge < -0.3 is 9.84 Å². The van der Waals surface area contributed by atoms with Crippen LogP contribution in [0.4, 0.5) is 4.39 Å². The molecular weight excluding hydrogens is 299 g/mol. The lowest BCUT2D eigenvalue weighted by molar-refractivity contribution is 0.290. The van der Waals surface area contributed by atoms with Crippen LogP contribution in [0.15, 0.2) is 42.5 Å². The highest BCUT2D eigenvalue weighted by Gasteiger charge is 2.04. The van der Waals surface area contributed by atoms with Gasteiger partial charge in [0.25, 0.3) is 0 Å². The fourth-order valence-electron chi connectivity index (χ4n) is 1.50. The quantitative estimate of drug-likeness (QED) is 0.865. The summed E-state index contributed by atoms with van der Waals surface area (Å²) >= 11 is 3.27. The van der Waals surface area contributed by atoms with Crippen molar-refractivity contribution in [2.24, 2.45) is 0 Å². The Morgan fingerprint density at radius 2 is 1.72 bits per heavy atom. The van der Waals surface area contributed by atoms with E-state index >= 15 is 0 Å². The van der Waals surface area contributed by atoms with Crippen LogP contribution in [-0.4, -0.2) is 5.11 Å². The summed E-state index contributed by atoms with van der Waals surface area (Å²) in [5, 5.41) is 9.75. The first-order valence-corrected chi connectivity index (χ1v) is 6.56. The molecule has 2 aromatic carbocycles. The molecule has 2 rings (SSSR count). The van der Waals surface area contributed by atoms with Crippen LogP contribution in [0.2, 0.25) is 0 Å². The van der Waals surface area contributed by atoms with Gasteiger partial charge in [-0.05, 0) is 35.4 Å². The number of halogens is 2. The van der Waals surface area contributed by atoms with Gasteiger partial charge in [-0.25, -0.2) is 4.39 Å². The van der Waals surface area contributed by atoms with Crippen molar-refractivity contribution >= 4 is 15.9 Å². The number of hydrogen-bond acceptors (Lipinski definition) is 2. The Labute approximate surface area is 113 Å². The molecule has 0 aliphatic carbocycles. The lowest BCUT2D eigenvalue weighted by Gasteiger charge is -2.08. The second-order valence-corrected chi connectivity index (χ2v) is 4.41. The second kappa shape index (κ2) is 5.87. The molecular formula is C14H12BrFO2. The van der Waals surface area contributed by atoms with E-state index < -0.39 is 0 Å². The van der Waals surface area contributed by atoms with Crippen molar-refractivity contribution in [3.05, 3.63) is 59.4 Å². The Bertz CT molecular complexity index is 526. The fraction of sp³-hybridized carbons (Fsp3) is 0.143. The molecule has 18 heavy (non-hydrogen) atoms. The van der Waals surface area contributed by atoms with Gasteiger partial charge >= 0.3 is 0 Å². The van der Waals surface area contributed by atoms with E-state index in [4.69, 9.17) is 9.84 Å². The molecule has 0 aliphatic rings. The van der Waals surface area contributed by atoms with Crippen molar-refractivity contribution in [1.82, 2.24) is 0 Å². The zero-order chi connectivity index (χ0) is 13.0. The number of alkyl halides is 1. The van der Waals surface area contributed by atoms with Gasteiger partial charge in [-0.2, -0.15) is 0 Å². The van der Waals surface area contributed by atoms with Crippen molar-refractivity contribution in [2.45, 2.75) is 11.9 Å². The van der Waals surface area contributed by atoms with E-state index in [2.05, 4.69) is 15.9 Å². The zero-order valence-electron chi connectivity index (χ0n) is 9.57. The van der Waals surface area contributed by atoms with Crippen LogP contribution >= 0.6 is 15.9 Å². The summed E-state index contributed by atoms with van der Waals surface area (Å²) in [5.74, 6) is 0.0603. The Kier molecular flexibility index (Phi) is 4.20. The SMILES string of the molecule is Oc1ccc(COc2ccc(CBr)cc2F)cc1. The first-order valence-electron chi connectivity index (χ1n) is 5.44. The van der Waals surface area contributed by atoms with Crippen molar-refractivity contribution < 1.29 is 14.2 Å². The summed E-state index contributed by atoms with van der Waals surface area (Å²) in [6.45, 7) is 0.269. The lowest BCUT2D eigenvalue weighted by Crippen LogP contribution is -1.97. The zero-order valence-corrected chi connectivity index (χ0v) is 11.2. The first-order chi connectivity index (χ1) is 8.69. The number of aromatic hydroxyl groups is 1. The molecule has 0 bridgehead atoms. The molecule has 2 aromatic rings. The molecule has 2 nitrogen and oxygen atoms in total. The third-order valence-electron chi connectivity index (χ3n) is 2.48. The number of benzene rings is 2. The van der Waals surface area contributed by atoms with E-state index in [-0.39, 0.29) is 23.9 Å². The summed E-state index contributed by atoms with van der Waals surface area (Å²) in [4.78, 5) is 0. The molecule has 0 amide bonds. The Morgan fingerprint density at radius 3 is 2.33 bits per heavy atom. The number of phenolic OH excluding ortho intramolecular Hbond substituents is 1. The normalized spacial score (nSPS) is 10.3. The molecule has 0 atom stereocenters. The third kappa shape index (κ3) is 3.23. The smallest absolute Gasteiger partial charge is 0.165 e. The molecule has 0 spiro atoms. The molecule has 0 radical (unpaired) electrons. The number of phenols is 1. The van der Waals surface area contributed by atoms with E-state index in [0.29, 0.717) is 5.33 Å². The highest BCUT2D eigenvalue weighted by Crippen LogP contribution is 2.21. The summed E-state index contributed by atoms with van der Waals surface area (Å²) in [6.07, 6.45) is 0. The first kappa shape index (κ1) is 12.9. The molecule has 94 valence electrons. The number of hydrogen-bond donors (Lipinski definition) is 1. The minimum Gasteiger partial charge on any atom is -0.508 e. The maximum Gasteiger partial charge on any atom is 0.165 e. The van der Waals surface area contributed by atoms with Gasteiger partial charge in [0.2, 0.25) is 0 Å². The predicted octanol–water partition coefficient (Wildman–Crippen LogP) is 4.01.